The van der Waals surface area contributed by atoms with E-state index >= 15 is 0 Å². The number of nitrogens with zero attached hydrogens (tertiary/aromatic N) is 3. The summed E-state index contributed by atoms with van der Waals surface area (Å²) in [5.74, 6) is 1.12. The van der Waals surface area contributed by atoms with E-state index in [2.05, 4.69) is 38.1 Å². The van der Waals surface area contributed by atoms with E-state index < -0.39 is 0 Å². The maximum absolute atomic E-state index is 5.99. The van der Waals surface area contributed by atoms with Gasteiger partial charge >= 0.3 is 0 Å². The van der Waals surface area contributed by atoms with E-state index in [0.29, 0.717) is 29.2 Å². The molecule has 1 atom stereocenters. The van der Waals surface area contributed by atoms with Crippen molar-refractivity contribution >= 4 is 17.0 Å². The lowest BCUT2D eigenvalue weighted by Crippen LogP contribution is -2.14. The Hall–Kier alpha value is -2.47. The van der Waals surface area contributed by atoms with Gasteiger partial charge in [-0.1, -0.05) is 24.3 Å². The van der Waals surface area contributed by atoms with E-state index in [1.54, 1.807) is 6.33 Å². The molecule has 6 heteroatoms. The molecule has 0 bridgehead atoms. The molecule has 1 aromatic carbocycles. The molecule has 1 aliphatic rings. The number of ether oxygens (including phenoxy) is 1. The number of anilines is 1. The molecule has 4 rings (SSSR count). The van der Waals surface area contributed by atoms with Crippen LogP contribution in [0, 0.1) is 0 Å². The molecule has 118 valence electrons. The van der Waals surface area contributed by atoms with Gasteiger partial charge in [0, 0.05) is 13.0 Å². The summed E-state index contributed by atoms with van der Waals surface area (Å²) in [6, 6.07) is 8.35. The van der Waals surface area contributed by atoms with Crippen LogP contribution in [0.4, 0.5) is 5.82 Å². The van der Waals surface area contributed by atoms with Crippen LogP contribution in [-0.4, -0.2) is 26.5 Å². The number of rotatable bonds is 3. The first kappa shape index (κ1) is 14.1. The first-order chi connectivity index (χ1) is 11.3. The van der Waals surface area contributed by atoms with Crippen LogP contribution in [0.3, 0.4) is 0 Å². The zero-order chi connectivity index (χ0) is 15.6. The minimum absolute atomic E-state index is 0.173. The molecule has 1 fully saturated rings. The molecule has 1 saturated heterocycles. The van der Waals surface area contributed by atoms with E-state index in [-0.39, 0.29) is 6.10 Å². The maximum atomic E-state index is 5.99. The SMILES string of the molecule is Nc1nc(Cc2ccccc2C2CCCCO2)nc2nc[nH]c12. The van der Waals surface area contributed by atoms with Crippen LogP contribution in [0.25, 0.3) is 11.2 Å². The van der Waals surface area contributed by atoms with Crippen molar-refractivity contribution in [3.05, 3.63) is 47.5 Å². The summed E-state index contributed by atoms with van der Waals surface area (Å²) in [4.78, 5) is 16.1. The number of hydrogen-bond acceptors (Lipinski definition) is 5. The molecular weight excluding hydrogens is 290 g/mol. The second-order valence-electron chi connectivity index (χ2n) is 5.86. The van der Waals surface area contributed by atoms with Crippen LogP contribution in [0.15, 0.2) is 30.6 Å². The highest BCUT2D eigenvalue weighted by Gasteiger charge is 2.19. The minimum atomic E-state index is 0.173. The smallest absolute Gasteiger partial charge is 0.183 e. The fourth-order valence-corrected chi connectivity index (χ4v) is 3.15. The first-order valence-electron chi connectivity index (χ1n) is 7.96. The third kappa shape index (κ3) is 2.77. The Morgan fingerprint density at radius 2 is 2.13 bits per heavy atom. The predicted molar refractivity (Wildman–Crippen MR) is 87.9 cm³/mol. The van der Waals surface area contributed by atoms with E-state index in [9.17, 15) is 0 Å². The number of benzene rings is 1. The lowest BCUT2D eigenvalue weighted by atomic mass is 9.95. The molecule has 1 aliphatic heterocycles. The van der Waals surface area contributed by atoms with Crippen LogP contribution in [-0.2, 0) is 11.2 Å². The minimum Gasteiger partial charge on any atom is -0.382 e. The highest BCUT2D eigenvalue weighted by atomic mass is 16.5. The molecule has 1 unspecified atom stereocenters. The van der Waals surface area contributed by atoms with Crippen molar-refractivity contribution < 1.29 is 4.74 Å². The number of nitrogen functional groups attached to an aromatic ring is 1. The molecule has 0 aliphatic carbocycles. The Kier molecular flexibility index (Phi) is 3.67. The van der Waals surface area contributed by atoms with Gasteiger partial charge in [-0.05, 0) is 30.4 Å². The summed E-state index contributed by atoms with van der Waals surface area (Å²) in [5.41, 5.74) is 9.71. The Labute approximate surface area is 134 Å². The quantitative estimate of drug-likeness (QED) is 0.776. The zero-order valence-corrected chi connectivity index (χ0v) is 12.8. The van der Waals surface area contributed by atoms with Gasteiger partial charge in [0.1, 0.15) is 11.3 Å². The fourth-order valence-electron chi connectivity index (χ4n) is 3.15. The summed E-state index contributed by atoms with van der Waals surface area (Å²) in [5, 5.41) is 0. The number of aromatic amines is 1. The molecule has 0 saturated carbocycles. The maximum Gasteiger partial charge on any atom is 0.183 e. The van der Waals surface area contributed by atoms with Gasteiger partial charge in [0.25, 0.3) is 0 Å². The van der Waals surface area contributed by atoms with Crippen LogP contribution < -0.4 is 5.73 Å². The predicted octanol–water partition coefficient (Wildman–Crippen LogP) is 2.77. The van der Waals surface area contributed by atoms with Crippen molar-refractivity contribution in [2.45, 2.75) is 31.8 Å². The van der Waals surface area contributed by atoms with Gasteiger partial charge in [0.2, 0.25) is 0 Å². The van der Waals surface area contributed by atoms with Crippen LogP contribution >= 0.6 is 0 Å². The molecule has 6 nitrogen and oxygen atoms in total. The van der Waals surface area contributed by atoms with Gasteiger partial charge in [-0.2, -0.15) is 0 Å². The molecule has 3 N–H and O–H groups in total. The van der Waals surface area contributed by atoms with Crippen molar-refractivity contribution in [1.82, 2.24) is 19.9 Å². The van der Waals surface area contributed by atoms with Crippen molar-refractivity contribution in [3.63, 3.8) is 0 Å². The van der Waals surface area contributed by atoms with E-state index in [1.807, 2.05) is 6.07 Å². The van der Waals surface area contributed by atoms with Crippen molar-refractivity contribution in [3.8, 4) is 0 Å². The summed E-state index contributed by atoms with van der Waals surface area (Å²) in [6.45, 7) is 0.835. The van der Waals surface area contributed by atoms with E-state index in [1.165, 1.54) is 17.5 Å². The number of nitrogens with one attached hydrogen (secondary N) is 1. The summed E-state index contributed by atoms with van der Waals surface area (Å²) >= 11 is 0. The Bertz CT molecular complexity index is 823. The Morgan fingerprint density at radius 3 is 3.00 bits per heavy atom. The number of H-pyrrole nitrogens is 1. The molecular formula is C17H19N5O. The molecule has 3 aromatic rings. The molecule has 0 amide bonds. The molecule has 2 aromatic heterocycles. The zero-order valence-electron chi connectivity index (χ0n) is 12.8. The van der Waals surface area contributed by atoms with E-state index in [0.717, 1.165) is 19.4 Å². The Balaban J connectivity index is 1.67. The van der Waals surface area contributed by atoms with Crippen LogP contribution in [0.1, 0.15) is 42.3 Å². The van der Waals surface area contributed by atoms with Gasteiger partial charge in [0.15, 0.2) is 11.5 Å². The summed E-state index contributed by atoms with van der Waals surface area (Å²) in [6.07, 6.45) is 5.81. The lowest BCUT2D eigenvalue weighted by molar-refractivity contribution is 0.0145. The molecule has 0 radical (unpaired) electrons. The van der Waals surface area contributed by atoms with Crippen LogP contribution in [0.5, 0.6) is 0 Å². The second kappa shape index (κ2) is 5.96. The number of aromatic nitrogens is 4. The second-order valence-corrected chi connectivity index (χ2v) is 5.86. The molecule has 0 spiro atoms. The van der Waals surface area contributed by atoms with Crippen molar-refractivity contribution in [2.24, 2.45) is 0 Å². The first-order valence-corrected chi connectivity index (χ1v) is 7.96. The van der Waals surface area contributed by atoms with Gasteiger partial charge < -0.3 is 15.5 Å². The highest BCUT2D eigenvalue weighted by Crippen LogP contribution is 2.31. The van der Waals surface area contributed by atoms with Gasteiger partial charge in [-0.3, -0.25) is 0 Å². The fraction of sp³-hybridized carbons (Fsp3) is 0.353. The number of hydrogen-bond donors (Lipinski definition) is 2. The summed E-state index contributed by atoms with van der Waals surface area (Å²) < 4.78 is 5.94. The Morgan fingerprint density at radius 1 is 1.22 bits per heavy atom. The van der Waals surface area contributed by atoms with Crippen molar-refractivity contribution in [1.29, 1.82) is 0 Å². The average molecular weight is 309 g/mol. The van der Waals surface area contributed by atoms with Gasteiger partial charge in [0.05, 0.1) is 12.4 Å². The van der Waals surface area contributed by atoms with Gasteiger partial charge in [-0.15, -0.1) is 0 Å². The largest absolute Gasteiger partial charge is 0.382 e. The van der Waals surface area contributed by atoms with Crippen LogP contribution in [0.2, 0.25) is 0 Å². The number of fused-ring (bicyclic) bond motifs is 1. The third-order valence-corrected chi connectivity index (χ3v) is 4.29. The standard InChI is InChI=1S/C17H19N5O/c18-16-15-17(20-10-19-15)22-14(21-16)9-11-5-1-2-6-12(11)13-7-3-4-8-23-13/h1-2,5-6,10,13H,3-4,7-9H2,(H3,18,19,20,21,22). The third-order valence-electron chi connectivity index (χ3n) is 4.29. The van der Waals surface area contributed by atoms with Gasteiger partial charge in [-0.25, -0.2) is 15.0 Å². The molecule has 3 heterocycles. The number of nitrogens with two attached hydrogens (primary N) is 1. The topological polar surface area (TPSA) is 89.7 Å². The summed E-state index contributed by atoms with van der Waals surface area (Å²) in [7, 11) is 0. The van der Waals surface area contributed by atoms with Crippen molar-refractivity contribution in [2.75, 3.05) is 12.3 Å². The number of imidazole rings is 1. The van der Waals surface area contributed by atoms with E-state index in [4.69, 9.17) is 10.5 Å². The monoisotopic (exact) mass is 309 g/mol. The normalized spacial score (nSPS) is 18.3. The average Bonchev–Trinajstić information content (AvgIpc) is 3.05. The molecule has 23 heavy (non-hydrogen) atoms. The highest BCUT2D eigenvalue weighted by molar-refractivity contribution is 5.80. The lowest BCUT2D eigenvalue weighted by Gasteiger charge is -2.25.